The van der Waals surface area contributed by atoms with Crippen molar-refractivity contribution in [1.29, 1.82) is 0 Å². The Morgan fingerprint density at radius 3 is 3.00 bits per heavy atom. The van der Waals surface area contributed by atoms with Crippen LogP contribution in [0.2, 0.25) is 0 Å². The molecule has 1 saturated heterocycles. The number of benzene rings is 1. The lowest BCUT2D eigenvalue weighted by Crippen LogP contribution is -2.34. The number of thiazole rings is 1. The van der Waals surface area contributed by atoms with Crippen LogP contribution in [0.3, 0.4) is 0 Å². The van der Waals surface area contributed by atoms with Gasteiger partial charge in [0.1, 0.15) is 10.8 Å². The third kappa shape index (κ3) is 2.30. The highest BCUT2D eigenvalue weighted by atomic mass is 32.1. The van der Waals surface area contributed by atoms with Crippen LogP contribution in [0.15, 0.2) is 24.3 Å². The molecule has 1 atom stereocenters. The number of rotatable bonds is 4. The van der Waals surface area contributed by atoms with Gasteiger partial charge in [-0.3, -0.25) is 4.79 Å². The van der Waals surface area contributed by atoms with Crippen molar-refractivity contribution in [2.75, 3.05) is 13.1 Å². The first kappa shape index (κ1) is 12.8. The van der Waals surface area contributed by atoms with Gasteiger partial charge in [-0.05, 0) is 31.5 Å². The van der Waals surface area contributed by atoms with Gasteiger partial charge in [0.2, 0.25) is 0 Å². The summed E-state index contributed by atoms with van der Waals surface area (Å²) < 4.78 is 1.17. The maximum absolute atomic E-state index is 12.6. The van der Waals surface area contributed by atoms with E-state index in [1.807, 2.05) is 18.2 Å². The lowest BCUT2D eigenvalue weighted by molar-refractivity contribution is -0.127. The van der Waals surface area contributed by atoms with E-state index in [0.717, 1.165) is 36.5 Å². The predicted octanol–water partition coefficient (Wildman–Crippen LogP) is 2.80. The van der Waals surface area contributed by atoms with Gasteiger partial charge in [-0.25, -0.2) is 4.98 Å². The van der Waals surface area contributed by atoms with Gasteiger partial charge in [-0.15, -0.1) is 11.3 Å². The summed E-state index contributed by atoms with van der Waals surface area (Å²) in [6.07, 6.45) is 2.37. The van der Waals surface area contributed by atoms with Crippen LogP contribution in [0.25, 0.3) is 10.2 Å². The first-order chi connectivity index (χ1) is 9.23. The maximum Gasteiger partial charge on any atom is 0.147 e. The predicted molar refractivity (Wildman–Crippen MR) is 78.5 cm³/mol. The molecule has 1 aliphatic rings. The van der Waals surface area contributed by atoms with Crippen LogP contribution in [-0.2, 0) is 11.2 Å². The second-order valence-corrected chi connectivity index (χ2v) is 6.35. The summed E-state index contributed by atoms with van der Waals surface area (Å²) in [5, 5.41) is 4.27. The van der Waals surface area contributed by atoms with E-state index < -0.39 is 0 Å². The van der Waals surface area contributed by atoms with Crippen molar-refractivity contribution in [2.24, 2.45) is 5.41 Å². The molecule has 100 valence electrons. The van der Waals surface area contributed by atoms with Crippen LogP contribution in [0, 0.1) is 5.41 Å². The third-order valence-corrected chi connectivity index (χ3v) is 5.20. The molecule has 0 bridgehead atoms. The number of fused-ring (bicyclic) bond motifs is 1. The second kappa shape index (κ2) is 5.02. The molecule has 19 heavy (non-hydrogen) atoms. The van der Waals surface area contributed by atoms with E-state index >= 15 is 0 Å². The lowest BCUT2D eigenvalue weighted by Gasteiger charge is -2.24. The minimum atomic E-state index is -0.155. The molecule has 2 aromatic rings. The second-order valence-electron chi connectivity index (χ2n) is 5.24. The minimum Gasteiger partial charge on any atom is -0.316 e. The summed E-state index contributed by atoms with van der Waals surface area (Å²) in [6.45, 7) is 3.90. The SMILES string of the molecule is CCC1(C(=O)Cc2nc3ccccc3s2)CCNC1. The molecule has 1 aliphatic heterocycles. The van der Waals surface area contributed by atoms with Crippen LogP contribution in [-0.4, -0.2) is 23.9 Å². The van der Waals surface area contributed by atoms with Crippen LogP contribution < -0.4 is 5.32 Å². The Morgan fingerprint density at radius 1 is 1.47 bits per heavy atom. The quantitative estimate of drug-likeness (QED) is 0.932. The molecule has 1 aromatic heterocycles. The number of ketones is 1. The summed E-state index contributed by atoms with van der Waals surface area (Å²) in [5.74, 6) is 0.346. The molecule has 1 unspecified atom stereocenters. The Morgan fingerprint density at radius 2 is 2.32 bits per heavy atom. The molecule has 1 fully saturated rings. The summed E-state index contributed by atoms with van der Waals surface area (Å²) in [7, 11) is 0. The zero-order valence-electron chi connectivity index (χ0n) is 11.1. The van der Waals surface area contributed by atoms with Crippen LogP contribution in [0.4, 0.5) is 0 Å². The van der Waals surface area contributed by atoms with E-state index in [1.54, 1.807) is 11.3 Å². The fraction of sp³-hybridized carbons (Fsp3) is 0.467. The molecule has 0 spiro atoms. The molecule has 1 aromatic carbocycles. The average molecular weight is 274 g/mol. The van der Waals surface area contributed by atoms with Crippen LogP contribution >= 0.6 is 11.3 Å². The van der Waals surface area contributed by atoms with Gasteiger partial charge in [-0.2, -0.15) is 0 Å². The lowest BCUT2D eigenvalue weighted by atomic mass is 9.79. The monoisotopic (exact) mass is 274 g/mol. The van der Waals surface area contributed by atoms with Gasteiger partial charge in [0.15, 0.2) is 0 Å². The Balaban J connectivity index is 1.82. The molecule has 3 nitrogen and oxygen atoms in total. The van der Waals surface area contributed by atoms with Gasteiger partial charge >= 0.3 is 0 Å². The summed E-state index contributed by atoms with van der Waals surface area (Å²) in [5.41, 5.74) is 0.850. The van der Waals surface area contributed by atoms with Crippen molar-refractivity contribution in [1.82, 2.24) is 10.3 Å². The highest BCUT2D eigenvalue weighted by molar-refractivity contribution is 7.18. The topological polar surface area (TPSA) is 42.0 Å². The first-order valence-electron chi connectivity index (χ1n) is 6.82. The van der Waals surface area contributed by atoms with Crippen molar-refractivity contribution in [3.8, 4) is 0 Å². The minimum absolute atomic E-state index is 0.155. The number of carbonyl (C=O) groups is 1. The molecular formula is C15H18N2OS. The number of hydrogen-bond donors (Lipinski definition) is 1. The highest BCUT2D eigenvalue weighted by Gasteiger charge is 2.39. The summed E-state index contributed by atoms with van der Waals surface area (Å²) in [4.78, 5) is 17.1. The van der Waals surface area contributed by atoms with Gasteiger partial charge < -0.3 is 5.32 Å². The maximum atomic E-state index is 12.6. The molecular weight excluding hydrogens is 256 g/mol. The number of carbonyl (C=O) groups excluding carboxylic acids is 1. The molecule has 0 radical (unpaired) electrons. The van der Waals surface area contributed by atoms with Gasteiger partial charge in [0.05, 0.1) is 16.6 Å². The van der Waals surface area contributed by atoms with E-state index in [4.69, 9.17) is 0 Å². The Labute approximate surface area is 117 Å². The molecule has 0 saturated carbocycles. The van der Waals surface area contributed by atoms with Gasteiger partial charge in [0.25, 0.3) is 0 Å². The molecule has 2 heterocycles. The van der Waals surface area contributed by atoms with Crippen molar-refractivity contribution < 1.29 is 4.79 Å². The summed E-state index contributed by atoms with van der Waals surface area (Å²) in [6, 6.07) is 8.07. The zero-order chi connectivity index (χ0) is 13.3. The van der Waals surface area contributed by atoms with E-state index in [1.165, 1.54) is 4.70 Å². The Bertz CT molecular complexity index is 566. The van der Waals surface area contributed by atoms with Crippen molar-refractivity contribution in [3.05, 3.63) is 29.3 Å². The fourth-order valence-corrected chi connectivity index (χ4v) is 3.77. The van der Waals surface area contributed by atoms with Crippen molar-refractivity contribution in [3.63, 3.8) is 0 Å². The van der Waals surface area contributed by atoms with E-state index in [0.29, 0.717) is 12.2 Å². The first-order valence-corrected chi connectivity index (χ1v) is 7.64. The van der Waals surface area contributed by atoms with Crippen molar-refractivity contribution in [2.45, 2.75) is 26.2 Å². The number of nitrogens with zero attached hydrogens (tertiary/aromatic N) is 1. The Hall–Kier alpha value is -1.26. The average Bonchev–Trinajstić information content (AvgIpc) is 3.05. The third-order valence-electron chi connectivity index (χ3n) is 4.16. The number of aromatic nitrogens is 1. The molecule has 1 N–H and O–H groups in total. The number of hydrogen-bond acceptors (Lipinski definition) is 4. The van der Waals surface area contributed by atoms with E-state index in [-0.39, 0.29) is 5.41 Å². The Kier molecular flexibility index (Phi) is 3.37. The van der Waals surface area contributed by atoms with E-state index in [9.17, 15) is 4.79 Å². The van der Waals surface area contributed by atoms with Gasteiger partial charge in [-0.1, -0.05) is 19.1 Å². The van der Waals surface area contributed by atoms with E-state index in [2.05, 4.69) is 23.3 Å². The number of nitrogens with one attached hydrogen (secondary N) is 1. The molecule has 3 rings (SSSR count). The number of Topliss-reactive ketones (excluding diaryl/α,β-unsaturated/α-hetero) is 1. The summed E-state index contributed by atoms with van der Waals surface area (Å²) >= 11 is 1.64. The molecule has 0 aliphatic carbocycles. The smallest absolute Gasteiger partial charge is 0.147 e. The normalized spacial score (nSPS) is 23.0. The molecule has 4 heteroatoms. The zero-order valence-corrected chi connectivity index (χ0v) is 11.9. The van der Waals surface area contributed by atoms with Crippen LogP contribution in [0.1, 0.15) is 24.8 Å². The molecule has 0 amide bonds. The van der Waals surface area contributed by atoms with Crippen LogP contribution in [0.5, 0.6) is 0 Å². The fourth-order valence-electron chi connectivity index (χ4n) is 2.80. The largest absolute Gasteiger partial charge is 0.316 e. The standard InChI is InChI=1S/C15H18N2OS/c1-2-15(7-8-16-10-15)13(18)9-14-17-11-5-3-4-6-12(11)19-14/h3-6,16H,2,7-10H2,1H3. The number of para-hydroxylation sites is 1. The van der Waals surface area contributed by atoms with Gasteiger partial charge in [0, 0.05) is 12.0 Å². The highest BCUT2D eigenvalue weighted by Crippen LogP contribution is 2.33. The van der Waals surface area contributed by atoms with Crippen molar-refractivity contribution >= 4 is 27.3 Å².